The molecule has 160 valence electrons. The third-order valence-corrected chi connectivity index (χ3v) is 5.46. The average Bonchev–Trinajstić information content (AvgIpc) is 3.23. The average molecular weight is 441 g/mol. The van der Waals surface area contributed by atoms with Gasteiger partial charge >= 0.3 is 6.03 Å². The van der Waals surface area contributed by atoms with Crippen LogP contribution in [-0.2, 0) is 0 Å². The fraction of sp³-hybridized carbons (Fsp3) is 0.227. The minimum atomic E-state index is -0.592. The molecule has 2 aromatic carbocycles. The molecule has 0 spiro atoms. The summed E-state index contributed by atoms with van der Waals surface area (Å²) in [6, 6.07) is 11.2. The number of hydrogen-bond acceptors (Lipinski definition) is 6. The third-order valence-electron chi connectivity index (χ3n) is 5.21. The molecule has 0 fully saturated rings. The standard InChI is InChI=1S/C22H21ClN4O4/c1-4-27-12(2)18(21-25-20(26-31-21)13-5-8-15(23)9-6-13)19(24-22(27)29)14-7-10-17(30-3)16(28)11-14/h5-11,19,28H,4H2,1-3H3,(H,24,29). The number of nitrogens with one attached hydrogen (secondary N) is 1. The largest absolute Gasteiger partial charge is 0.504 e. The number of amides is 2. The van der Waals surface area contributed by atoms with Crippen molar-refractivity contribution in [2.75, 3.05) is 13.7 Å². The minimum Gasteiger partial charge on any atom is -0.504 e. The number of methoxy groups -OCH3 is 1. The van der Waals surface area contributed by atoms with Gasteiger partial charge in [-0.25, -0.2) is 4.79 Å². The van der Waals surface area contributed by atoms with E-state index in [2.05, 4.69) is 15.5 Å². The highest BCUT2D eigenvalue weighted by atomic mass is 35.5. The van der Waals surface area contributed by atoms with Crippen LogP contribution in [0.5, 0.6) is 11.5 Å². The summed E-state index contributed by atoms with van der Waals surface area (Å²) < 4.78 is 10.7. The van der Waals surface area contributed by atoms with Crippen LogP contribution in [0.4, 0.5) is 4.79 Å². The summed E-state index contributed by atoms with van der Waals surface area (Å²) in [5.74, 6) is 0.993. The molecule has 0 saturated heterocycles. The second kappa shape index (κ2) is 8.31. The van der Waals surface area contributed by atoms with Gasteiger partial charge in [-0.15, -0.1) is 0 Å². The highest BCUT2D eigenvalue weighted by molar-refractivity contribution is 6.30. The number of phenolic OH excluding ortho intramolecular Hbond substituents is 1. The highest BCUT2D eigenvalue weighted by Gasteiger charge is 2.35. The topological polar surface area (TPSA) is 101 Å². The first-order valence-corrected chi connectivity index (χ1v) is 10.1. The van der Waals surface area contributed by atoms with Crippen LogP contribution in [0.25, 0.3) is 17.0 Å². The van der Waals surface area contributed by atoms with Crippen molar-refractivity contribution in [3.8, 4) is 22.9 Å². The van der Waals surface area contributed by atoms with Crippen molar-refractivity contribution in [3.63, 3.8) is 0 Å². The lowest BCUT2D eigenvalue weighted by Gasteiger charge is -2.34. The molecule has 1 aromatic heterocycles. The van der Waals surface area contributed by atoms with Gasteiger partial charge in [0.15, 0.2) is 11.5 Å². The summed E-state index contributed by atoms with van der Waals surface area (Å²) in [4.78, 5) is 18.8. The van der Waals surface area contributed by atoms with Gasteiger partial charge in [-0.05, 0) is 55.8 Å². The van der Waals surface area contributed by atoms with E-state index >= 15 is 0 Å². The zero-order valence-electron chi connectivity index (χ0n) is 17.2. The van der Waals surface area contributed by atoms with E-state index < -0.39 is 6.04 Å². The molecule has 1 unspecified atom stereocenters. The van der Waals surface area contributed by atoms with Gasteiger partial charge in [-0.2, -0.15) is 4.98 Å². The van der Waals surface area contributed by atoms with E-state index in [0.717, 1.165) is 5.56 Å². The number of carbonyl (C=O) groups excluding carboxylic acids is 1. The molecule has 3 aromatic rings. The minimum absolute atomic E-state index is 0.0310. The van der Waals surface area contributed by atoms with Crippen molar-refractivity contribution in [3.05, 3.63) is 64.6 Å². The van der Waals surface area contributed by atoms with Crippen molar-refractivity contribution in [1.29, 1.82) is 0 Å². The van der Waals surface area contributed by atoms with Gasteiger partial charge in [0.25, 0.3) is 5.89 Å². The number of aromatic nitrogens is 2. The predicted molar refractivity (Wildman–Crippen MR) is 116 cm³/mol. The van der Waals surface area contributed by atoms with Crippen molar-refractivity contribution in [2.45, 2.75) is 19.9 Å². The zero-order chi connectivity index (χ0) is 22.1. The second-order valence-electron chi connectivity index (χ2n) is 6.99. The molecule has 0 saturated carbocycles. The molecule has 8 nitrogen and oxygen atoms in total. The molecule has 2 heterocycles. The van der Waals surface area contributed by atoms with E-state index in [1.54, 1.807) is 47.4 Å². The third kappa shape index (κ3) is 3.82. The van der Waals surface area contributed by atoms with Gasteiger partial charge in [-0.1, -0.05) is 22.8 Å². The first-order chi connectivity index (χ1) is 14.9. The number of carbonyl (C=O) groups is 1. The van der Waals surface area contributed by atoms with Crippen LogP contribution in [0.15, 0.2) is 52.7 Å². The molecule has 4 rings (SSSR count). The molecule has 1 aliphatic rings. The monoisotopic (exact) mass is 440 g/mol. The number of benzene rings is 2. The number of ether oxygens (including phenoxy) is 1. The Labute approximate surface area is 184 Å². The van der Waals surface area contributed by atoms with Gasteiger partial charge in [0.1, 0.15) is 0 Å². The van der Waals surface area contributed by atoms with E-state index in [9.17, 15) is 9.90 Å². The van der Waals surface area contributed by atoms with Gasteiger partial charge < -0.3 is 19.7 Å². The molecule has 31 heavy (non-hydrogen) atoms. The molecule has 1 aliphatic heterocycles. The Morgan fingerprint density at radius 2 is 2.00 bits per heavy atom. The summed E-state index contributed by atoms with van der Waals surface area (Å²) in [5.41, 5.74) is 2.75. The Morgan fingerprint density at radius 3 is 2.65 bits per heavy atom. The van der Waals surface area contributed by atoms with E-state index in [1.807, 2.05) is 13.8 Å². The van der Waals surface area contributed by atoms with Crippen LogP contribution in [0.3, 0.4) is 0 Å². The van der Waals surface area contributed by atoms with Crippen molar-refractivity contribution in [1.82, 2.24) is 20.4 Å². The van der Waals surface area contributed by atoms with Crippen molar-refractivity contribution >= 4 is 23.2 Å². The Kier molecular flexibility index (Phi) is 5.56. The lowest BCUT2D eigenvalue weighted by Crippen LogP contribution is -2.45. The Morgan fingerprint density at radius 1 is 1.26 bits per heavy atom. The van der Waals surface area contributed by atoms with Gasteiger partial charge in [0.2, 0.25) is 5.82 Å². The van der Waals surface area contributed by atoms with Crippen LogP contribution >= 0.6 is 11.6 Å². The number of nitrogens with zero attached hydrogens (tertiary/aromatic N) is 3. The smallest absolute Gasteiger partial charge is 0.322 e. The molecular formula is C22H21ClN4O4. The second-order valence-corrected chi connectivity index (χ2v) is 7.42. The van der Waals surface area contributed by atoms with Crippen LogP contribution in [-0.4, -0.2) is 39.8 Å². The Hall–Kier alpha value is -3.52. The molecule has 2 amide bonds. The number of phenols is 1. The number of hydrogen-bond donors (Lipinski definition) is 2. The number of halogens is 1. The van der Waals surface area contributed by atoms with Crippen LogP contribution in [0.1, 0.15) is 31.3 Å². The Balaban J connectivity index is 1.81. The van der Waals surface area contributed by atoms with Crippen molar-refractivity contribution < 1.29 is 19.2 Å². The first kappa shape index (κ1) is 20.7. The van der Waals surface area contributed by atoms with Crippen LogP contribution in [0.2, 0.25) is 5.02 Å². The summed E-state index contributed by atoms with van der Waals surface area (Å²) in [5, 5.41) is 17.9. The molecule has 1 atom stereocenters. The van der Waals surface area contributed by atoms with Gasteiger partial charge in [-0.3, -0.25) is 4.90 Å². The maximum absolute atomic E-state index is 12.7. The lowest BCUT2D eigenvalue weighted by molar-refractivity contribution is 0.207. The van der Waals surface area contributed by atoms with Gasteiger partial charge in [0, 0.05) is 22.8 Å². The molecule has 0 radical (unpaired) electrons. The van der Waals surface area contributed by atoms with Crippen molar-refractivity contribution in [2.24, 2.45) is 0 Å². The maximum Gasteiger partial charge on any atom is 0.322 e. The van der Waals surface area contributed by atoms with E-state index in [4.69, 9.17) is 20.9 Å². The fourth-order valence-electron chi connectivity index (χ4n) is 3.62. The summed E-state index contributed by atoms with van der Waals surface area (Å²) in [6.07, 6.45) is 0. The van der Waals surface area contributed by atoms with Gasteiger partial charge in [0.05, 0.1) is 18.7 Å². The maximum atomic E-state index is 12.7. The first-order valence-electron chi connectivity index (χ1n) is 9.68. The number of allylic oxidation sites excluding steroid dienone is 1. The SMILES string of the molecule is CCN1C(=O)NC(c2ccc(OC)c(O)c2)C(c2nc(-c3ccc(Cl)cc3)no2)=C1C. The van der Waals surface area contributed by atoms with Crippen LogP contribution in [0, 0.1) is 0 Å². The normalized spacial score (nSPS) is 16.5. The molecule has 0 bridgehead atoms. The zero-order valence-corrected chi connectivity index (χ0v) is 18.0. The highest BCUT2D eigenvalue weighted by Crippen LogP contribution is 2.39. The van der Waals surface area contributed by atoms with E-state index in [-0.39, 0.29) is 17.7 Å². The predicted octanol–water partition coefficient (Wildman–Crippen LogP) is 4.62. The van der Waals surface area contributed by atoms with Crippen LogP contribution < -0.4 is 10.1 Å². The van der Waals surface area contributed by atoms with E-state index in [0.29, 0.717) is 40.0 Å². The quantitative estimate of drug-likeness (QED) is 0.600. The number of aromatic hydroxyl groups is 1. The summed E-state index contributed by atoms with van der Waals surface area (Å²) in [7, 11) is 1.47. The molecule has 0 aliphatic carbocycles. The molecule has 9 heteroatoms. The Bertz CT molecular complexity index is 1160. The molecular weight excluding hydrogens is 420 g/mol. The number of urea groups is 1. The summed E-state index contributed by atoms with van der Waals surface area (Å²) in [6.45, 7) is 4.19. The summed E-state index contributed by atoms with van der Waals surface area (Å²) >= 11 is 5.97. The lowest BCUT2D eigenvalue weighted by atomic mass is 9.94. The fourth-order valence-corrected chi connectivity index (χ4v) is 3.75. The number of rotatable bonds is 5. The molecule has 2 N–H and O–H groups in total. The van der Waals surface area contributed by atoms with E-state index in [1.165, 1.54) is 7.11 Å².